The van der Waals surface area contributed by atoms with Crippen LogP contribution in [0.3, 0.4) is 0 Å². The lowest BCUT2D eigenvalue weighted by Crippen LogP contribution is -2.24. The molecule has 0 bridgehead atoms. The molecular weight excluding hydrogens is 496 g/mol. The van der Waals surface area contributed by atoms with E-state index in [1.54, 1.807) is 13.8 Å². The number of hydrogen-bond acceptors (Lipinski definition) is 5. The molecule has 0 fully saturated rings. The van der Waals surface area contributed by atoms with E-state index in [9.17, 15) is 9.59 Å². The molecule has 174 valence electrons. The standard InChI is InChI=1S/C22H19Cl3FN3O4/c1-3-32-22(31)19-16(25)10(2)18(29-19)21(30)28-9-11-4-5-15(24)20(17(11)26)33-14-7-12(23)6-13(27)8-14/h4-8,29H,3,9,27H2,1-2H3,(H,28,30). The summed E-state index contributed by atoms with van der Waals surface area (Å²) < 4.78 is 25.6. The van der Waals surface area contributed by atoms with Gasteiger partial charge in [0.2, 0.25) is 0 Å². The first-order chi connectivity index (χ1) is 15.6. The van der Waals surface area contributed by atoms with Crippen molar-refractivity contribution in [2.75, 3.05) is 12.3 Å². The van der Waals surface area contributed by atoms with E-state index in [1.165, 1.54) is 30.3 Å². The summed E-state index contributed by atoms with van der Waals surface area (Å²) >= 11 is 18.2. The SMILES string of the molecule is CCOC(=O)c1[nH]c(C(=O)NCc2ccc(Cl)c(Oc3cc(N)cc(Cl)c3)c2F)c(C)c1Cl. The van der Waals surface area contributed by atoms with Crippen molar-refractivity contribution in [3.63, 3.8) is 0 Å². The lowest BCUT2D eigenvalue weighted by Gasteiger charge is -2.13. The van der Waals surface area contributed by atoms with Gasteiger partial charge >= 0.3 is 5.97 Å². The molecular formula is C22H19Cl3FN3O4. The largest absolute Gasteiger partial charge is 0.461 e. The number of rotatable bonds is 7. The van der Waals surface area contributed by atoms with Gasteiger partial charge < -0.3 is 25.5 Å². The van der Waals surface area contributed by atoms with Crippen LogP contribution < -0.4 is 15.8 Å². The number of nitrogen functional groups attached to an aromatic ring is 1. The number of nitrogens with one attached hydrogen (secondary N) is 2. The van der Waals surface area contributed by atoms with Crippen LogP contribution in [0.15, 0.2) is 30.3 Å². The van der Waals surface area contributed by atoms with Gasteiger partial charge in [-0.1, -0.05) is 40.9 Å². The average molecular weight is 515 g/mol. The van der Waals surface area contributed by atoms with Gasteiger partial charge in [-0.15, -0.1) is 0 Å². The smallest absolute Gasteiger partial charge is 0.356 e. The number of carbonyl (C=O) groups is 2. The van der Waals surface area contributed by atoms with Gasteiger partial charge in [0.15, 0.2) is 11.6 Å². The minimum absolute atomic E-state index is 0.0206. The zero-order chi connectivity index (χ0) is 24.3. The zero-order valence-corrected chi connectivity index (χ0v) is 19.8. The summed E-state index contributed by atoms with van der Waals surface area (Å²) in [5, 5.41) is 2.99. The Balaban J connectivity index is 1.79. The second kappa shape index (κ2) is 10.3. The van der Waals surface area contributed by atoms with E-state index < -0.39 is 17.7 Å². The topological polar surface area (TPSA) is 106 Å². The van der Waals surface area contributed by atoms with Crippen LogP contribution >= 0.6 is 34.8 Å². The maximum atomic E-state index is 15.1. The number of ether oxygens (including phenoxy) is 2. The number of hydrogen-bond donors (Lipinski definition) is 3. The first-order valence-electron chi connectivity index (χ1n) is 9.66. The lowest BCUT2D eigenvalue weighted by molar-refractivity contribution is 0.0520. The van der Waals surface area contributed by atoms with Gasteiger partial charge in [0, 0.05) is 28.9 Å². The number of halogens is 4. The van der Waals surface area contributed by atoms with Crippen LogP contribution in [0.4, 0.5) is 10.1 Å². The molecule has 1 aromatic heterocycles. The third-order valence-corrected chi connectivity index (χ3v) is 5.55. The van der Waals surface area contributed by atoms with Crippen molar-refractivity contribution in [3.05, 3.63) is 73.7 Å². The molecule has 33 heavy (non-hydrogen) atoms. The van der Waals surface area contributed by atoms with Crippen molar-refractivity contribution in [1.82, 2.24) is 10.3 Å². The number of carbonyl (C=O) groups excluding carboxylic acids is 2. The number of aromatic nitrogens is 1. The third kappa shape index (κ3) is 5.52. The molecule has 11 heteroatoms. The minimum Gasteiger partial charge on any atom is -0.461 e. The van der Waals surface area contributed by atoms with E-state index in [1.807, 2.05) is 0 Å². The van der Waals surface area contributed by atoms with Gasteiger partial charge in [-0.25, -0.2) is 9.18 Å². The first-order valence-corrected chi connectivity index (χ1v) is 10.8. The predicted octanol–water partition coefficient (Wildman–Crippen LogP) is 5.90. The molecule has 0 unspecified atom stereocenters. The Hall–Kier alpha value is -2.94. The fraction of sp³-hybridized carbons (Fsp3) is 0.182. The van der Waals surface area contributed by atoms with Crippen molar-refractivity contribution in [2.24, 2.45) is 0 Å². The normalized spacial score (nSPS) is 10.7. The molecule has 0 spiro atoms. The average Bonchev–Trinajstić information content (AvgIpc) is 3.05. The molecule has 3 rings (SSSR count). The zero-order valence-electron chi connectivity index (χ0n) is 17.5. The van der Waals surface area contributed by atoms with Crippen LogP contribution in [0.5, 0.6) is 11.5 Å². The van der Waals surface area contributed by atoms with E-state index in [-0.39, 0.29) is 51.6 Å². The van der Waals surface area contributed by atoms with Crippen LogP contribution in [0.1, 0.15) is 39.0 Å². The molecule has 0 saturated carbocycles. The summed E-state index contributed by atoms with van der Waals surface area (Å²) in [6.07, 6.45) is 0. The summed E-state index contributed by atoms with van der Waals surface area (Å²) in [6.45, 7) is 3.18. The second-order valence-electron chi connectivity index (χ2n) is 6.89. The highest BCUT2D eigenvalue weighted by Gasteiger charge is 2.23. The highest BCUT2D eigenvalue weighted by Crippen LogP contribution is 2.35. The van der Waals surface area contributed by atoms with E-state index in [4.69, 9.17) is 50.0 Å². The quantitative estimate of drug-likeness (QED) is 0.269. The van der Waals surface area contributed by atoms with Gasteiger partial charge in [-0.3, -0.25) is 4.79 Å². The highest BCUT2D eigenvalue weighted by atomic mass is 35.5. The molecule has 2 aromatic carbocycles. The van der Waals surface area contributed by atoms with Crippen LogP contribution in [0, 0.1) is 12.7 Å². The molecule has 0 saturated heterocycles. The molecule has 1 heterocycles. The monoisotopic (exact) mass is 513 g/mol. The molecule has 7 nitrogen and oxygen atoms in total. The van der Waals surface area contributed by atoms with Crippen LogP contribution in [-0.2, 0) is 11.3 Å². The van der Waals surface area contributed by atoms with Crippen molar-refractivity contribution >= 4 is 52.4 Å². The summed E-state index contributed by atoms with van der Waals surface area (Å²) in [5.74, 6) is -2.09. The Bertz CT molecular complexity index is 1210. The van der Waals surface area contributed by atoms with Crippen molar-refractivity contribution in [1.29, 1.82) is 0 Å². The van der Waals surface area contributed by atoms with Crippen LogP contribution in [0.25, 0.3) is 0 Å². The maximum absolute atomic E-state index is 15.1. The van der Waals surface area contributed by atoms with Gasteiger partial charge in [-0.2, -0.15) is 0 Å². The minimum atomic E-state index is -0.769. The number of H-pyrrole nitrogens is 1. The number of benzene rings is 2. The molecule has 1 amide bonds. The van der Waals surface area contributed by atoms with Crippen LogP contribution in [-0.4, -0.2) is 23.5 Å². The van der Waals surface area contributed by atoms with Crippen molar-refractivity contribution in [3.8, 4) is 11.5 Å². The molecule has 4 N–H and O–H groups in total. The highest BCUT2D eigenvalue weighted by molar-refractivity contribution is 6.35. The molecule has 0 radical (unpaired) electrons. The fourth-order valence-corrected chi connectivity index (χ4v) is 3.61. The molecule has 0 atom stereocenters. The van der Waals surface area contributed by atoms with Gasteiger partial charge in [0.05, 0.1) is 16.7 Å². The summed E-state index contributed by atoms with van der Waals surface area (Å²) in [5.41, 5.74) is 6.56. The Morgan fingerprint density at radius 1 is 1.15 bits per heavy atom. The van der Waals surface area contributed by atoms with E-state index in [0.717, 1.165) is 0 Å². The molecule has 0 aliphatic heterocycles. The van der Waals surface area contributed by atoms with Gasteiger partial charge in [0.1, 0.15) is 17.1 Å². The lowest BCUT2D eigenvalue weighted by atomic mass is 10.2. The van der Waals surface area contributed by atoms with Crippen molar-refractivity contribution < 1.29 is 23.5 Å². The summed E-state index contributed by atoms with van der Waals surface area (Å²) in [4.78, 5) is 27.3. The van der Waals surface area contributed by atoms with Crippen molar-refractivity contribution in [2.45, 2.75) is 20.4 Å². The van der Waals surface area contributed by atoms with E-state index >= 15 is 4.39 Å². The van der Waals surface area contributed by atoms with Gasteiger partial charge in [-0.05, 0) is 37.6 Å². The Morgan fingerprint density at radius 2 is 1.88 bits per heavy atom. The van der Waals surface area contributed by atoms with Gasteiger partial charge in [0.25, 0.3) is 5.91 Å². The first kappa shape index (κ1) is 24.7. The molecule has 0 aliphatic rings. The Morgan fingerprint density at radius 3 is 2.55 bits per heavy atom. The maximum Gasteiger partial charge on any atom is 0.356 e. The van der Waals surface area contributed by atoms with E-state index in [2.05, 4.69) is 10.3 Å². The third-order valence-electron chi connectivity index (χ3n) is 4.56. The van der Waals surface area contributed by atoms with E-state index in [0.29, 0.717) is 16.3 Å². The number of anilines is 1. The van der Waals surface area contributed by atoms with Crippen LogP contribution in [0.2, 0.25) is 15.1 Å². The Labute approximate surface area is 203 Å². The number of amides is 1. The fourth-order valence-electron chi connectivity index (χ4n) is 2.97. The Kier molecular flexibility index (Phi) is 7.73. The number of esters is 1. The molecule has 3 aromatic rings. The summed E-state index contributed by atoms with van der Waals surface area (Å²) in [7, 11) is 0. The summed E-state index contributed by atoms with van der Waals surface area (Å²) in [6, 6.07) is 7.29. The number of nitrogens with two attached hydrogens (primary N) is 1. The number of aromatic amines is 1. The predicted molar refractivity (Wildman–Crippen MR) is 125 cm³/mol. The molecule has 0 aliphatic carbocycles. The second-order valence-corrected chi connectivity index (χ2v) is 8.11.